The Balaban J connectivity index is 0.00000341. The van der Waals surface area contributed by atoms with Crippen LogP contribution < -0.4 is 20.1 Å². The van der Waals surface area contributed by atoms with Gasteiger partial charge < -0.3 is 24.7 Å². The Kier molecular flexibility index (Phi) is 10.2. The lowest BCUT2D eigenvalue weighted by Gasteiger charge is -2.13. The number of methoxy groups -OCH3 is 2. The first-order chi connectivity index (χ1) is 14.7. The van der Waals surface area contributed by atoms with Crippen LogP contribution in [-0.2, 0) is 19.5 Å². The molecular formula is C23H30IN5O2. The molecule has 1 heterocycles. The zero-order valence-electron chi connectivity index (χ0n) is 18.2. The maximum atomic E-state index is 5.37. The minimum atomic E-state index is 0. The second kappa shape index (κ2) is 12.8. The molecule has 0 amide bonds. The van der Waals surface area contributed by atoms with E-state index in [9.17, 15) is 0 Å². The van der Waals surface area contributed by atoms with Crippen LogP contribution in [0.5, 0.6) is 11.5 Å². The first-order valence-electron chi connectivity index (χ1n) is 9.91. The van der Waals surface area contributed by atoms with Crippen molar-refractivity contribution in [2.45, 2.75) is 19.5 Å². The number of nitrogens with zero attached hydrogens (tertiary/aromatic N) is 3. The lowest BCUT2D eigenvalue weighted by Crippen LogP contribution is -2.37. The third-order valence-corrected chi connectivity index (χ3v) is 4.75. The van der Waals surface area contributed by atoms with E-state index < -0.39 is 0 Å². The molecule has 1 aromatic heterocycles. The number of aromatic nitrogens is 2. The summed E-state index contributed by atoms with van der Waals surface area (Å²) in [6, 6.07) is 14.5. The van der Waals surface area contributed by atoms with E-state index in [2.05, 4.69) is 49.4 Å². The number of nitrogens with one attached hydrogen (secondary N) is 2. The van der Waals surface area contributed by atoms with Crippen LogP contribution >= 0.6 is 24.0 Å². The average molecular weight is 535 g/mol. The van der Waals surface area contributed by atoms with Gasteiger partial charge in [0.25, 0.3) is 0 Å². The van der Waals surface area contributed by atoms with E-state index in [-0.39, 0.29) is 24.0 Å². The standard InChI is InChI=1S/C23H29N5O2.HI/c1-24-23(26-10-9-18-7-8-21(29-2)22(14-18)30-3)27-15-19-5-4-6-20(13-19)16-28-12-11-25-17-28;/h4-8,11-14,17H,9-10,15-16H2,1-3H3,(H2,24,26,27);1H. The second-order valence-electron chi connectivity index (χ2n) is 6.85. The van der Waals surface area contributed by atoms with Gasteiger partial charge in [-0.3, -0.25) is 4.99 Å². The van der Waals surface area contributed by atoms with Crippen LogP contribution in [0, 0.1) is 0 Å². The number of halogens is 1. The third kappa shape index (κ3) is 7.46. The first kappa shape index (κ1) is 24.5. The van der Waals surface area contributed by atoms with Crippen LogP contribution in [0.2, 0.25) is 0 Å². The molecule has 0 aliphatic rings. The molecule has 7 nitrogen and oxygen atoms in total. The Bertz CT molecular complexity index is 960. The quantitative estimate of drug-likeness (QED) is 0.250. The van der Waals surface area contributed by atoms with Crippen molar-refractivity contribution in [1.29, 1.82) is 0 Å². The molecule has 0 bridgehead atoms. The van der Waals surface area contributed by atoms with Crippen LogP contribution in [0.15, 0.2) is 66.2 Å². The van der Waals surface area contributed by atoms with Gasteiger partial charge in [-0.25, -0.2) is 4.98 Å². The topological polar surface area (TPSA) is 72.7 Å². The Morgan fingerprint density at radius 2 is 1.81 bits per heavy atom. The number of aliphatic imine (C=N–C) groups is 1. The number of ether oxygens (including phenoxy) is 2. The first-order valence-corrected chi connectivity index (χ1v) is 9.91. The lowest BCUT2D eigenvalue weighted by atomic mass is 10.1. The molecule has 2 N–H and O–H groups in total. The van der Waals surface area contributed by atoms with Crippen molar-refractivity contribution in [3.63, 3.8) is 0 Å². The third-order valence-electron chi connectivity index (χ3n) is 4.75. The summed E-state index contributed by atoms with van der Waals surface area (Å²) in [4.78, 5) is 8.41. The molecule has 0 radical (unpaired) electrons. The Morgan fingerprint density at radius 3 is 2.52 bits per heavy atom. The molecule has 0 atom stereocenters. The zero-order valence-corrected chi connectivity index (χ0v) is 20.5. The lowest BCUT2D eigenvalue weighted by molar-refractivity contribution is 0.354. The molecule has 31 heavy (non-hydrogen) atoms. The largest absolute Gasteiger partial charge is 0.493 e. The van der Waals surface area contributed by atoms with E-state index in [1.54, 1.807) is 27.5 Å². The van der Waals surface area contributed by atoms with Crippen LogP contribution in [-0.4, -0.2) is 43.3 Å². The van der Waals surface area contributed by atoms with Crippen molar-refractivity contribution >= 4 is 29.9 Å². The van der Waals surface area contributed by atoms with Crippen LogP contribution in [0.25, 0.3) is 0 Å². The number of hydrogen-bond donors (Lipinski definition) is 2. The molecule has 3 rings (SSSR count). The molecule has 0 aliphatic heterocycles. The molecule has 0 unspecified atom stereocenters. The highest BCUT2D eigenvalue weighted by molar-refractivity contribution is 14.0. The minimum Gasteiger partial charge on any atom is -0.493 e. The van der Waals surface area contributed by atoms with Gasteiger partial charge in [0, 0.05) is 39.1 Å². The summed E-state index contributed by atoms with van der Waals surface area (Å²) < 4.78 is 12.7. The molecular weight excluding hydrogens is 505 g/mol. The van der Waals surface area contributed by atoms with Crippen LogP contribution in [0.1, 0.15) is 16.7 Å². The molecule has 0 saturated carbocycles. The van der Waals surface area contributed by atoms with Crippen molar-refractivity contribution in [1.82, 2.24) is 20.2 Å². The summed E-state index contributed by atoms with van der Waals surface area (Å²) >= 11 is 0. The number of benzene rings is 2. The summed E-state index contributed by atoms with van der Waals surface area (Å²) in [6.07, 6.45) is 6.44. The summed E-state index contributed by atoms with van der Waals surface area (Å²) in [5.41, 5.74) is 3.61. The van der Waals surface area contributed by atoms with Gasteiger partial charge >= 0.3 is 0 Å². The summed E-state index contributed by atoms with van der Waals surface area (Å²) in [6.45, 7) is 2.27. The highest BCUT2D eigenvalue weighted by Crippen LogP contribution is 2.27. The van der Waals surface area contributed by atoms with Gasteiger partial charge in [0.15, 0.2) is 17.5 Å². The predicted molar refractivity (Wildman–Crippen MR) is 135 cm³/mol. The fourth-order valence-corrected chi connectivity index (χ4v) is 3.20. The van der Waals surface area contributed by atoms with E-state index in [1.165, 1.54) is 16.7 Å². The SMILES string of the molecule is CN=C(NCCc1ccc(OC)c(OC)c1)NCc1cccc(Cn2ccnc2)c1.I. The smallest absolute Gasteiger partial charge is 0.191 e. The Labute approximate surface area is 200 Å². The molecule has 0 fully saturated rings. The van der Waals surface area contributed by atoms with Crippen molar-refractivity contribution in [2.24, 2.45) is 4.99 Å². The fraction of sp³-hybridized carbons (Fsp3) is 0.304. The number of rotatable bonds is 9. The average Bonchev–Trinajstić information content (AvgIpc) is 3.29. The van der Waals surface area contributed by atoms with Crippen LogP contribution in [0.4, 0.5) is 0 Å². The van der Waals surface area contributed by atoms with Gasteiger partial charge in [-0.05, 0) is 35.2 Å². The molecule has 3 aromatic rings. The number of imidazole rings is 1. The normalized spacial score (nSPS) is 10.9. The van der Waals surface area contributed by atoms with E-state index in [1.807, 2.05) is 30.7 Å². The van der Waals surface area contributed by atoms with Crippen LogP contribution in [0.3, 0.4) is 0 Å². The summed E-state index contributed by atoms with van der Waals surface area (Å²) in [5.74, 6) is 2.26. The Hall–Kier alpha value is -2.75. The van der Waals surface area contributed by atoms with E-state index >= 15 is 0 Å². The summed E-state index contributed by atoms with van der Waals surface area (Å²) in [7, 11) is 5.07. The van der Waals surface area contributed by atoms with Gasteiger partial charge in [0.1, 0.15) is 0 Å². The van der Waals surface area contributed by atoms with Gasteiger partial charge in [-0.2, -0.15) is 0 Å². The molecule has 0 saturated heterocycles. The van der Waals surface area contributed by atoms with Crippen molar-refractivity contribution in [3.05, 3.63) is 77.9 Å². The monoisotopic (exact) mass is 535 g/mol. The maximum Gasteiger partial charge on any atom is 0.191 e. The van der Waals surface area contributed by atoms with Gasteiger partial charge in [-0.1, -0.05) is 30.3 Å². The molecule has 8 heteroatoms. The summed E-state index contributed by atoms with van der Waals surface area (Å²) in [5, 5.41) is 6.73. The predicted octanol–water partition coefficient (Wildman–Crippen LogP) is 3.47. The number of guanidine groups is 1. The molecule has 166 valence electrons. The van der Waals surface area contributed by atoms with Crippen molar-refractivity contribution < 1.29 is 9.47 Å². The number of hydrogen-bond acceptors (Lipinski definition) is 4. The van der Waals surface area contributed by atoms with E-state index in [0.717, 1.165) is 37.0 Å². The highest BCUT2D eigenvalue weighted by atomic mass is 127. The Morgan fingerprint density at radius 1 is 1.00 bits per heavy atom. The molecule has 0 aliphatic carbocycles. The fourth-order valence-electron chi connectivity index (χ4n) is 3.20. The zero-order chi connectivity index (χ0) is 21.2. The van der Waals surface area contributed by atoms with Gasteiger partial charge in [-0.15, -0.1) is 24.0 Å². The molecule has 0 spiro atoms. The molecule has 2 aromatic carbocycles. The highest BCUT2D eigenvalue weighted by Gasteiger charge is 2.05. The van der Waals surface area contributed by atoms with Gasteiger partial charge in [0.2, 0.25) is 0 Å². The van der Waals surface area contributed by atoms with Crippen molar-refractivity contribution in [2.75, 3.05) is 27.8 Å². The van der Waals surface area contributed by atoms with Gasteiger partial charge in [0.05, 0.1) is 20.5 Å². The van der Waals surface area contributed by atoms with E-state index in [0.29, 0.717) is 6.54 Å². The second-order valence-corrected chi connectivity index (χ2v) is 6.85. The van der Waals surface area contributed by atoms with Crippen molar-refractivity contribution in [3.8, 4) is 11.5 Å². The van der Waals surface area contributed by atoms with E-state index in [4.69, 9.17) is 9.47 Å². The maximum absolute atomic E-state index is 5.37. The minimum absolute atomic E-state index is 0.